The summed E-state index contributed by atoms with van der Waals surface area (Å²) in [7, 11) is 0. The smallest absolute Gasteiger partial charge is 0.00173 e. The minimum Gasteiger partial charge on any atom is -0.330 e. The second-order valence-corrected chi connectivity index (χ2v) is 5.80. The van der Waals surface area contributed by atoms with Crippen molar-refractivity contribution in [2.75, 3.05) is 6.54 Å². The molecule has 1 aromatic carbocycles. The van der Waals surface area contributed by atoms with E-state index in [1.54, 1.807) is 0 Å². The number of benzene rings is 1. The summed E-state index contributed by atoms with van der Waals surface area (Å²) in [6.45, 7) is 5.38. The SMILES string of the molecule is CC(C)Cc1ccc(CC2(CN)CC2)cc1. The lowest BCUT2D eigenvalue weighted by molar-refractivity contribution is 0.521. The van der Waals surface area contributed by atoms with E-state index in [4.69, 9.17) is 5.73 Å². The molecule has 0 radical (unpaired) electrons. The van der Waals surface area contributed by atoms with Gasteiger partial charge < -0.3 is 5.73 Å². The van der Waals surface area contributed by atoms with Gasteiger partial charge in [-0.15, -0.1) is 0 Å². The topological polar surface area (TPSA) is 26.0 Å². The van der Waals surface area contributed by atoms with Crippen LogP contribution in [0.3, 0.4) is 0 Å². The second-order valence-electron chi connectivity index (χ2n) is 5.80. The Morgan fingerprint density at radius 3 is 2.12 bits per heavy atom. The fourth-order valence-corrected chi connectivity index (χ4v) is 2.33. The Morgan fingerprint density at radius 2 is 1.69 bits per heavy atom. The third-order valence-corrected chi connectivity index (χ3v) is 3.64. The van der Waals surface area contributed by atoms with Gasteiger partial charge in [0.25, 0.3) is 0 Å². The first kappa shape index (κ1) is 11.7. The van der Waals surface area contributed by atoms with Gasteiger partial charge in [0.1, 0.15) is 0 Å². The Morgan fingerprint density at radius 1 is 1.12 bits per heavy atom. The molecule has 1 aromatic rings. The Labute approximate surface area is 99.0 Å². The Balaban J connectivity index is 1.97. The molecule has 1 fully saturated rings. The van der Waals surface area contributed by atoms with Crippen LogP contribution in [0.5, 0.6) is 0 Å². The number of hydrogen-bond acceptors (Lipinski definition) is 1. The van der Waals surface area contributed by atoms with Crippen LogP contribution in [0.15, 0.2) is 24.3 Å². The summed E-state index contributed by atoms with van der Waals surface area (Å²) in [4.78, 5) is 0. The van der Waals surface area contributed by atoms with E-state index >= 15 is 0 Å². The van der Waals surface area contributed by atoms with Crippen molar-refractivity contribution < 1.29 is 0 Å². The van der Waals surface area contributed by atoms with Crippen LogP contribution in [0, 0.1) is 11.3 Å². The van der Waals surface area contributed by atoms with Crippen molar-refractivity contribution in [2.24, 2.45) is 17.1 Å². The van der Waals surface area contributed by atoms with Crippen LogP contribution in [0.2, 0.25) is 0 Å². The van der Waals surface area contributed by atoms with Gasteiger partial charge in [-0.25, -0.2) is 0 Å². The fourth-order valence-electron chi connectivity index (χ4n) is 2.33. The molecule has 88 valence electrons. The maximum atomic E-state index is 5.81. The van der Waals surface area contributed by atoms with Crippen LogP contribution >= 0.6 is 0 Å². The van der Waals surface area contributed by atoms with E-state index in [1.807, 2.05) is 0 Å². The maximum Gasteiger partial charge on any atom is -0.00173 e. The van der Waals surface area contributed by atoms with Crippen LogP contribution < -0.4 is 5.73 Å². The minimum atomic E-state index is 0.458. The summed E-state index contributed by atoms with van der Waals surface area (Å²) in [6, 6.07) is 9.13. The zero-order valence-electron chi connectivity index (χ0n) is 10.5. The molecule has 1 heteroatoms. The summed E-state index contributed by atoms with van der Waals surface area (Å²) in [5.74, 6) is 0.740. The minimum absolute atomic E-state index is 0.458. The molecule has 0 saturated heterocycles. The summed E-state index contributed by atoms with van der Waals surface area (Å²) in [5, 5.41) is 0. The molecule has 16 heavy (non-hydrogen) atoms. The van der Waals surface area contributed by atoms with Crippen LogP contribution in [0.4, 0.5) is 0 Å². The molecule has 0 unspecified atom stereocenters. The molecule has 1 aliphatic rings. The van der Waals surface area contributed by atoms with Crippen molar-refractivity contribution in [1.29, 1.82) is 0 Å². The molecule has 0 atom stereocenters. The molecule has 2 N–H and O–H groups in total. The lowest BCUT2D eigenvalue weighted by atomic mass is 9.94. The predicted octanol–water partition coefficient (Wildman–Crippen LogP) is 3.17. The molecule has 0 amide bonds. The molecule has 2 rings (SSSR count). The molecule has 0 heterocycles. The molecule has 1 aliphatic carbocycles. The van der Waals surface area contributed by atoms with Crippen molar-refractivity contribution in [1.82, 2.24) is 0 Å². The first-order chi connectivity index (χ1) is 7.63. The van der Waals surface area contributed by atoms with Crippen molar-refractivity contribution in [3.05, 3.63) is 35.4 Å². The molecule has 0 aromatic heterocycles. The highest BCUT2D eigenvalue weighted by Gasteiger charge is 2.40. The Hall–Kier alpha value is -0.820. The standard InChI is InChI=1S/C15H23N/c1-12(2)9-13-3-5-14(6-4-13)10-15(11-16)7-8-15/h3-6,12H,7-11,16H2,1-2H3. The van der Waals surface area contributed by atoms with Gasteiger partial charge >= 0.3 is 0 Å². The average molecular weight is 217 g/mol. The van der Waals surface area contributed by atoms with Gasteiger partial charge in [0, 0.05) is 0 Å². The quantitative estimate of drug-likeness (QED) is 0.805. The third kappa shape index (κ3) is 2.85. The monoisotopic (exact) mass is 217 g/mol. The molecular weight excluding hydrogens is 194 g/mol. The number of hydrogen-bond donors (Lipinski definition) is 1. The van der Waals surface area contributed by atoms with E-state index in [0.29, 0.717) is 5.41 Å². The summed E-state index contributed by atoms with van der Waals surface area (Å²) in [5.41, 5.74) is 9.18. The van der Waals surface area contributed by atoms with Gasteiger partial charge in [-0.1, -0.05) is 38.1 Å². The van der Waals surface area contributed by atoms with Gasteiger partial charge in [-0.3, -0.25) is 0 Å². The largest absolute Gasteiger partial charge is 0.330 e. The van der Waals surface area contributed by atoms with Crippen molar-refractivity contribution in [3.63, 3.8) is 0 Å². The normalized spacial score (nSPS) is 17.8. The number of rotatable bonds is 5. The van der Waals surface area contributed by atoms with Gasteiger partial charge in [0.05, 0.1) is 0 Å². The lowest BCUT2D eigenvalue weighted by Crippen LogP contribution is -2.17. The van der Waals surface area contributed by atoms with E-state index in [1.165, 1.54) is 36.8 Å². The first-order valence-corrected chi connectivity index (χ1v) is 6.41. The second kappa shape index (κ2) is 4.58. The highest BCUT2D eigenvalue weighted by Crippen LogP contribution is 2.47. The number of nitrogens with two attached hydrogens (primary N) is 1. The van der Waals surface area contributed by atoms with Gasteiger partial charge in [0.15, 0.2) is 0 Å². The summed E-state index contributed by atoms with van der Waals surface area (Å²) >= 11 is 0. The fraction of sp³-hybridized carbons (Fsp3) is 0.600. The van der Waals surface area contributed by atoms with E-state index in [-0.39, 0.29) is 0 Å². The molecule has 0 aliphatic heterocycles. The van der Waals surface area contributed by atoms with Gasteiger partial charge in [-0.2, -0.15) is 0 Å². The zero-order chi connectivity index (χ0) is 11.6. The van der Waals surface area contributed by atoms with Crippen LogP contribution in [0.1, 0.15) is 37.8 Å². The van der Waals surface area contributed by atoms with Gasteiger partial charge in [0.2, 0.25) is 0 Å². The van der Waals surface area contributed by atoms with E-state index in [2.05, 4.69) is 38.1 Å². The molecule has 0 spiro atoms. The molecular formula is C15H23N. The lowest BCUT2D eigenvalue weighted by Gasteiger charge is -2.12. The van der Waals surface area contributed by atoms with E-state index < -0.39 is 0 Å². The molecule has 1 nitrogen and oxygen atoms in total. The zero-order valence-corrected chi connectivity index (χ0v) is 10.5. The van der Waals surface area contributed by atoms with E-state index in [0.717, 1.165) is 12.5 Å². The first-order valence-electron chi connectivity index (χ1n) is 6.41. The molecule has 0 bridgehead atoms. The van der Waals surface area contributed by atoms with Gasteiger partial charge in [-0.05, 0) is 54.7 Å². The van der Waals surface area contributed by atoms with Crippen molar-refractivity contribution in [2.45, 2.75) is 39.5 Å². The van der Waals surface area contributed by atoms with Crippen molar-refractivity contribution in [3.8, 4) is 0 Å². The third-order valence-electron chi connectivity index (χ3n) is 3.64. The van der Waals surface area contributed by atoms with Crippen LogP contribution in [0.25, 0.3) is 0 Å². The summed E-state index contributed by atoms with van der Waals surface area (Å²) in [6.07, 6.45) is 4.99. The highest BCUT2D eigenvalue weighted by atomic mass is 14.6. The van der Waals surface area contributed by atoms with E-state index in [9.17, 15) is 0 Å². The maximum absolute atomic E-state index is 5.81. The van der Waals surface area contributed by atoms with Crippen LogP contribution in [-0.2, 0) is 12.8 Å². The van der Waals surface area contributed by atoms with Crippen LogP contribution in [-0.4, -0.2) is 6.54 Å². The Bertz CT molecular complexity index is 333. The summed E-state index contributed by atoms with van der Waals surface area (Å²) < 4.78 is 0. The Kier molecular flexibility index (Phi) is 3.34. The average Bonchev–Trinajstić information content (AvgIpc) is 3.01. The van der Waals surface area contributed by atoms with Crippen molar-refractivity contribution >= 4 is 0 Å². The highest BCUT2D eigenvalue weighted by molar-refractivity contribution is 5.25. The molecule has 1 saturated carbocycles. The predicted molar refractivity (Wildman–Crippen MR) is 69.4 cm³/mol.